The maximum atomic E-state index is 12.1. The van der Waals surface area contributed by atoms with Crippen molar-refractivity contribution in [1.29, 1.82) is 0 Å². The van der Waals surface area contributed by atoms with Crippen LogP contribution in [0.1, 0.15) is 29.6 Å². The van der Waals surface area contributed by atoms with Crippen LogP contribution in [0, 0.1) is 12.8 Å². The normalized spacial score (nSPS) is 24.0. The number of likely N-dealkylation sites (tertiary alicyclic amines) is 1. The van der Waals surface area contributed by atoms with E-state index in [1.54, 1.807) is 13.8 Å². The molecule has 0 spiro atoms. The fourth-order valence-corrected chi connectivity index (χ4v) is 2.19. The van der Waals surface area contributed by atoms with E-state index in [2.05, 4.69) is 4.98 Å². The first-order valence-corrected chi connectivity index (χ1v) is 5.46. The number of aryl methyl sites for hydroxylation is 1. The molecule has 6 nitrogen and oxygen atoms in total. The molecule has 0 radical (unpaired) electrons. The molecule has 92 valence electrons. The van der Waals surface area contributed by atoms with E-state index < -0.39 is 11.9 Å². The number of carbonyl (C=O) groups is 2. The molecule has 0 aliphatic carbocycles. The molecule has 1 saturated heterocycles. The molecule has 1 aliphatic rings. The van der Waals surface area contributed by atoms with Crippen molar-refractivity contribution in [3.05, 3.63) is 17.8 Å². The molecule has 17 heavy (non-hydrogen) atoms. The number of hydrogen-bond acceptors (Lipinski definition) is 4. The quantitative estimate of drug-likeness (QED) is 0.828. The average molecular weight is 238 g/mol. The van der Waals surface area contributed by atoms with Gasteiger partial charge in [-0.25, -0.2) is 4.98 Å². The summed E-state index contributed by atoms with van der Waals surface area (Å²) in [5.74, 6) is -1.44. The maximum Gasteiger partial charge on any atom is 0.308 e. The van der Waals surface area contributed by atoms with Crippen molar-refractivity contribution < 1.29 is 19.1 Å². The summed E-state index contributed by atoms with van der Waals surface area (Å²) in [7, 11) is 0. The Balaban J connectivity index is 2.18. The number of aliphatic carboxylic acids is 1. The predicted octanol–water partition coefficient (Wildman–Crippen LogP) is 0.918. The number of amides is 1. The van der Waals surface area contributed by atoms with Crippen LogP contribution in [0.15, 0.2) is 10.8 Å². The largest absolute Gasteiger partial charge is 0.481 e. The second-order valence-corrected chi connectivity index (χ2v) is 4.24. The maximum absolute atomic E-state index is 12.1. The number of carbonyl (C=O) groups excluding carboxylic acids is 1. The summed E-state index contributed by atoms with van der Waals surface area (Å²) in [6.07, 6.45) is 1.70. The zero-order chi connectivity index (χ0) is 12.6. The Bertz CT molecular complexity index is 454. The highest BCUT2D eigenvalue weighted by molar-refractivity contribution is 5.93. The summed E-state index contributed by atoms with van der Waals surface area (Å²) < 4.78 is 5.03. The molecule has 1 fully saturated rings. The third kappa shape index (κ3) is 1.90. The molecular formula is C11H14N2O4. The highest BCUT2D eigenvalue weighted by Gasteiger charge is 2.39. The molecule has 0 aromatic carbocycles. The molecule has 2 heterocycles. The number of aromatic nitrogens is 1. The zero-order valence-corrected chi connectivity index (χ0v) is 9.71. The van der Waals surface area contributed by atoms with E-state index in [1.807, 2.05) is 0 Å². The van der Waals surface area contributed by atoms with Crippen molar-refractivity contribution in [1.82, 2.24) is 9.88 Å². The van der Waals surface area contributed by atoms with Gasteiger partial charge in [0.15, 0.2) is 6.39 Å². The Hall–Kier alpha value is -1.85. The van der Waals surface area contributed by atoms with Crippen molar-refractivity contribution in [2.75, 3.05) is 6.54 Å². The van der Waals surface area contributed by atoms with Crippen LogP contribution in [0.3, 0.4) is 0 Å². The summed E-state index contributed by atoms with van der Waals surface area (Å²) in [4.78, 5) is 28.5. The number of nitrogens with zero attached hydrogens (tertiary/aromatic N) is 2. The van der Waals surface area contributed by atoms with Gasteiger partial charge in [-0.1, -0.05) is 0 Å². The van der Waals surface area contributed by atoms with E-state index in [1.165, 1.54) is 11.3 Å². The Kier molecular flexibility index (Phi) is 2.87. The van der Waals surface area contributed by atoms with Crippen molar-refractivity contribution in [2.24, 2.45) is 5.92 Å². The minimum Gasteiger partial charge on any atom is -0.481 e. The summed E-state index contributed by atoms with van der Waals surface area (Å²) in [5, 5.41) is 8.99. The summed E-state index contributed by atoms with van der Waals surface area (Å²) in [5.41, 5.74) is 0.529. The SMILES string of the molecule is Cc1ncoc1C(=O)N1CCC(C(=O)O)C1C. The van der Waals surface area contributed by atoms with Gasteiger partial charge in [-0.05, 0) is 20.3 Å². The number of rotatable bonds is 2. The van der Waals surface area contributed by atoms with Gasteiger partial charge in [-0.15, -0.1) is 0 Å². The van der Waals surface area contributed by atoms with Crippen LogP contribution in [0.4, 0.5) is 0 Å². The van der Waals surface area contributed by atoms with Gasteiger partial charge in [0.25, 0.3) is 5.91 Å². The first-order chi connectivity index (χ1) is 8.02. The fourth-order valence-electron chi connectivity index (χ4n) is 2.19. The van der Waals surface area contributed by atoms with Gasteiger partial charge in [0.2, 0.25) is 5.76 Å². The van der Waals surface area contributed by atoms with Gasteiger partial charge in [0, 0.05) is 12.6 Å². The van der Waals surface area contributed by atoms with Gasteiger partial charge >= 0.3 is 5.97 Å². The lowest BCUT2D eigenvalue weighted by Crippen LogP contribution is -2.37. The number of carboxylic acid groups (broad SMARTS) is 1. The van der Waals surface area contributed by atoms with Crippen molar-refractivity contribution in [3.8, 4) is 0 Å². The van der Waals surface area contributed by atoms with E-state index >= 15 is 0 Å². The first kappa shape index (κ1) is 11.6. The standard InChI is InChI=1S/C11H14N2O4/c1-6-9(17-5-12-6)10(14)13-4-3-8(7(13)2)11(15)16/h5,7-8H,3-4H2,1-2H3,(H,15,16). The molecule has 0 bridgehead atoms. The summed E-state index contributed by atoms with van der Waals surface area (Å²) >= 11 is 0. The highest BCUT2D eigenvalue weighted by atomic mass is 16.4. The Morgan fingerprint density at radius 1 is 1.59 bits per heavy atom. The van der Waals surface area contributed by atoms with Gasteiger partial charge in [-0.2, -0.15) is 0 Å². The highest BCUT2D eigenvalue weighted by Crippen LogP contribution is 2.26. The van der Waals surface area contributed by atoms with E-state index in [9.17, 15) is 9.59 Å². The van der Waals surface area contributed by atoms with E-state index in [-0.39, 0.29) is 17.7 Å². The lowest BCUT2D eigenvalue weighted by molar-refractivity contribution is -0.142. The van der Waals surface area contributed by atoms with Crippen molar-refractivity contribution in [2.45, 2.75) is 26.3 Å². The average Bonchev–Trinajstić information content (AvgIpc) is 2.83. The number of oxazole rings is 1. The molecule has 1 amide bonds. The van der Waals surface area contributed by atoms with Crippen LogP contribution in [0.5, 0.6) is 0 Å². The predicted molar refractivity (Wildman–Crippen MR) is 57.5 cm³/mol. The Morgan fingerprint density at radius 2 is 2.29 bits per heavy atom. The fraction of sp³-hybridized carbons (Fsp3) is 0.545. The van der Waals surface area contributed by atoms with E-state index in [4.69, 9.17) is 9.52 Å². The van der Waals surface area contributed by atoms with Gasteiger partial charge < -0.3 is 14.4 Å². The molecule has 2 unspecified atom stereocenters. The molecular weight excluding hydrogens is 224 g/mol. The number of hydrogen-bond donors (Lipinski definition) is 1. The molecule has 2 rings (SSSR count). The van der Waals surface area contributed by atoms with Crippen LogP contribution >= 0.6 is 0 Å². The lowest BCUT2D eigenvalue weighted by atomic mass is 10.0. The molecule has 6 heteroatoms. The third-order valence-electron chi connectivity index (χ3n) is 3.27. The molecule has 1 aliphatic heterocycles. The number of carboxylic acids is 1. The van der Waals surface area contributed by atoms with Gasteiger partial charge in [0.1, 0.15) is 0 Å². The molecule has 1 N–H and O–H groups in total. The van der Waals surface area contributed by atoms with Crippen LogP contribution in [0.2, 0.25) is 0 Å². The third-order valence-corrected chi connectivity index (χ3v) is 3.27. The molecule has 2 atom stereocenters. The first-order valence-electron chi connectivity index (χ1n) is 5.46. The Morgan fingerprint density at radius 3 is 2.76 bits per heavy atom. The van der Waals surface area contributed by atoms with Crippen molar-refractivity contribution >= 4 is 11.9 Å². The summed E-state index contributed by atoms with van der Waals surface area (Å²) in [6, 6.07) is -0.315. The summed E-state index contributed by atoms with van der Waals surface area (Å²) in [6.45, 7) is 3.87. The smallest absolute Gasteiger partial charge is 0.308 e. The van der Waals surface area contributed by atoms with Gasteiger partial charge in [0.05, 0.1) is 11.6 Å². The monoisotopic (exact) mass is 238 g/mol. The van der Waals surface area contributed by atoms with Crippen LogP contribution in [-0.2, 0) is 4.79 Å². The van der Waals surface area contributed by atoms with Crippen LogP contribution < -0.4 is 0 Å². The van der Waals surface area contributed by atoms with Gasteiger partial charge in [-0.3, -0.25) is 9.59 Å². The Labute approximate surface area is 98.2 Å². The van der Waals surface area contributed by atoms with Crippen LogP contribution in [0.25, 0.3) is 0 Å². The van der Waals surface area contributed by atoms with Crippen molar-refractivity contribution in [3.63, 3.8) is 0 Å². The molecule has 0 saturated carbocycles. The minimum absolute atomic E-state index is 0.197. The van der Waals surface area contributed by atoms with E-state index in [0.717, 1.165) is 0 Å². The van der Waals surface area contributed by atoms with E-state index in [0.29, 0.717) is 18.7 Å². The second-order valence-electron chi connectivity index (χ2n) is 4.24. The molecule has 1 aromatic heterocycles. The van der Waals surface area contributed by atoms with Crippen LogP contribution in [-0.4, -0.2) is 39.5 Å². The molecule has 1 aromatic rings. The second kappa shape index (κ2) is 4.20. The lowest BCUT2D eigenvalue weighted by Gasteiger charge is -2.22. The topological polar surface area (TPSA) is 83.6 Å². The minimum atomic E-state index is -0.859. The zero-order valence-electron chi connectivity index (χ0n) is 9.71.